The fraction of sp³-hybridized carbons (Fsp3) is 0.538. The summed E-state index contributed by atoms with van der Waals surface area (Å²) in [6.45, 7) is 2.59. The molecule has 1 fully saturated rings. The van der Waals surface area contributed by atoms with Crippen molar-refractivity contribution in [2.75, 3.05) is 12.5 Å². The van der Waals surface area contributed by atoms with Crippen LogP contribution < -0.4 is 0 Å². The van der Waals surface area contributed by atoms with E-state index in [1.165, 1.54) is 5.56 Å². The van der Waals surface area contributed by atoms with Crippen molar-refractivity contribution in [2.45, 2.75) is 31.7 Å². The molecule has 0 amide bonds. The van der Waals surface area contributed by atoms with Crippen LogP contribution in [0.2, 0.25) is 0 Å². The van der Waals surface area contributed by atoms with Crippen molar-refractivity contribution in [3.63, 3.8) is 0 Å². The summed E-state index contributed by atoms with van der Waals surface area (Å²) in [4.78, 5) is 0. The molecule has 88 valence electrons. The van der Waals surface area contributed by atoms with E-state index in [0.717, 1.165) is 12.8 Å². The van der Waals surface area contributed by atoms with Crippen LogP contribution in [0, 0.1) is 0 Å². The van der Waals surface area contributed by atoms with Crippen molar-refractivity contribution in [2.24, 2.45) is 0 Å². The van der Waals surface area contributed by atoms with Gasteiger partial charge in [0.1, 0.15) is 0 Å². The lowest BCUT2D eigenvalue weighted by molar-refractivity contribution is -0.155. The first kappa shape index (κ1) is 11.9. The van der Waals surface area contributed by atoms with Crippen molar-refractivity contribution in [1.29, 1.82) is 0 Å². The number of rotatable bonds is 4. The normalized spacial score (nSPS) is 29.5. The van der Waals surface area contributed by atoms with Crippen molar-refractivity contribution in [1.82, 2.24) is 0 Å². The Morgan fingerprint density at radius 3 is 2.75 bits per heavy atom. The highest BCUT2D eigenvalue weighted by atomic mass is 35.5. The maximum Gasteiger partial charge on any atom is 0.166 e. The molecule has 2 atom stereocenters. The summed E-state index contributed by atoms with van der Waals surface area (Å²) in [5.41, 5.74) is 1.31. The smallest absolute Gasteiger partial charge is 0.166 e. The number of halogens is 1. The molecule has 0 saturated carbocycles. The quantitative estimate of drug-likeness (QED) is 0.754. The van der Waals surface area contributed by atoms with Crippen molar-refractivity contribution < 1.29 is 9.47 Å². The summed E-state index contributed by atoms with van der Waals surface area (Å²) in [7, 11) is 0. The van der Waals surface area contributed by atoms with E-state index in [4.69, 9.17) is 21.1 Å². The molecule has 16 heavy (non-hydrogen) atoms. The number of hydrogen-bond donors (Lipinski definition) is 0. The van der Waals surface area contributed by atoms with Gasteiger partial charge in [-0.2, -0.15) is 0 Å². The molecule has 1 aliphatic heterocycles. The van der Waals surface area contributed by atoms with Gasteiger partial charge in [0, 0.05) is 6.42 Å². The molecule has 0 aliphatic carbocycles. The molecule has 1 aromatic rings. The summed E-state index contributed by atoms with van der Waals surface area (Å²) in [6.07, 6.45) is 1.87. The molecule has 0 radical (unpaired) electrons. The van der Waals surface area contributed by atoms with Crippen LogP contribution >= 0.6 is 11.6 Å². The van der Waals surface area contributed by atoms with E-state index < -0.39 is 5.79 Å². The van der Waals surface area contributed by atoms with Gasteiger partial charge >= 0.3 is 0 Å². The molecule has 1 aromatic carbocycles. The van der Waals surface area contributed by atoms with Gasteiger partial charge < -0.3 is 9.47 Å². The number of aryl methyl sites for hydroxylation is 1. The second-order valence-electron chi connectivity index (χ2n) is 4.32. The Hall–Kier alpha value is -0.570. The van der Waals surface area contributed by atoms with E-state index in [0.29, 0.717) is 12.5 Å². The third-order valence-electron chi connectivity index (χ3n) is 2.87. The predicted molar refractivity (Wildman–Crippen MR) is 64.7 cm³/mol. The van der Waals surface area contributed by atoms with Crippen LogP contribution in [0.25, 0.3) is 0 Å². The van der Waals surface area contributed by atoms with Gasteiger partial charge in [-0.05, 0) is 18.9 Å². The minimum absolute atomic E-state index is 0.0439. The van der Waals surface area contributed by atoms with E-state index in [9.17, 15) is 0 Å². The number of benzene rings is 1. The van der Waals surface area contributed by atoms with Crippen molar-refractivity contribution >= 4 is 11.6 Å². The minimum atomic E-state index is -0.463. The largest absolute Gasteiger partial charge is 0.347 e. The standard InChI is InChI=1S/C13H17ClO2/c1-13(15-10-12(9-14)16-13)8-7-11-5-3-2-4-6-11/h2-6,12H,7-10H2,1H3/t12-,13+/m0/s1. The molecule has 0 N–H and O–H groups in total. The van der Waals surface area contributed by atoms with Crippen LogP contribution in [0.5, 0.6) is 0 Å². The summed E-state index contributed by atoms with van der Waals surface area (Å²) in [6, 6.07) is 10.4. The van der Waals surface area contributed by atoms with E-state index in [1.54, 1.807) is 0 Å². The molecular weight excluding hydrogens is 224 g/mol. The molecule has 0 bridgehead atoms. The predicted octanol–water partition coefficient (Wildman–Crippen LogP) is 2.99. The Kier molecular flexibility index (Phi) is 3.85. The van der Waals surface area contributed by atoms with Crippen LogP contribution in [0.4, 0.5) is 0 Å². The Bertz CT molecular complexity index is 328. The van der Waals surface area contributed by atoms with E-state index in [2.05, 4.69) is 24.3 Å². The van der Waals surface area contributed by atoms with Gasteiger partial charge in [0.2, 0.25) is 0 Å². The van der Waals surface area contributed by atoms with Gasteiger partial charge in [-0.1, -0.05) is 30.3 Å². The number of ether oxygens (including phenoxy) is 2. The molecule has 2 rings (SSSR count). The highest BCUT2D eigenvalue weighted by molar-refractivity contribution is 6.18. The van der Waals surface area contributed by atoms with E-state index in [1.807, 2.05) is 13.0 Å². The SMILES string of the molecule is C[C@@]1(CCc2ccccc2)OC[C@H](CCl)O1. The molecular formula is C13H17ClO2. The first-order valence-electron chi connectivity index (χ1n) is 5.63. The molecule has 1 saturated heterocycles. The van der Waals surface area contributed by atoms with Crippen LogP contribution in [0.3, 0.4) is 0 Å². The molecule has 2 nitrogen and oxygen atoms in total. The average molecular weight is 241 g/mol. The zero-order chi connectivity index (χ0) is 11.4. The maximum absolute atomic E-state index is 5.77. The van der Waals surface area contributed by atoms with Gasteiger partial charge in [0.25, 0.3) is 0 Å². The molecule has 0 spiro atoms. The average Bonchev–Trinajstić information content (AvgIpc) is 2.71. The lowest BCUT2D eigenvalue weighted by Crippen LogP contribution is -2.27. The van der Waals surface area contributed by atoms with Crippen LogP contribution in [-0.4, -0.2) is 24.4 Å². The van der Waals surface area contributed by atoms with Crippen LogP contribution in [0.15, 0.2) is 30.3 Å². The van der Waals surface area contributed by atoms with Crippen LogP contribution in [-0.2, 0) is 15.9 Å². The van der Waals surface area contributed by atoms with Crippen molar-refractivity contribution in [3.8, 4) is 0 Å². The Morgan fingerprint density at radius 2 is 2.12 bits per heavy atom. The molecule has 0 aromatic heterocycles. The maximum atomic E-state index is 5.77. The lowest BCUT2D eigenvalue weighted by Gasteiger charge is -2.23. The second-order valence-corrected chi connectivity index (χ2v) is 4.63. The van der Waals surface area contributed by atoms with Gasteiger partial charge in [0.15, 0.2) is 5.79 Å². The minimum Gasteiger partial charge on any atom is -0.347 e. The highest BCUT2D eigenvalue weighted by Gasteiger charge is 2.36. The van der Waals surface area contributed by atoms with Crippen molar-refractivity contribution in [3.05, 3.63) is 35.9 Å². The van der Waals surface area contributed by atoms with E-state index >= 15 is 0 Å². The summed E-state index contributed by atoms with van der Waals surface area (Å²) in [5, 5.41) is 0. The summed E-state index contributed by atoms with van der Waals surface area (Å²) in [5.74, 6) is 0.0380. The van der Waals surface area contributed by atoms with Gasteiger partial charge in [-0.15, -0.1) is 11.6 Å². The number of hydrogen-bond acceptors (Lipinski definition) is 2. The zero-order valence-corrected chi connectivity index (χ0v) is 10.2. The number of alkyl halides is 1. The van der Waals surface area contributed by atoms with Gasteiger partial charge in [-0.3, -0.25) is 0 Å². The highest BCUT2D eigenvalue weighted by Crippen LogP contribution is 2.28. The third-order valence-corrected chi connectivity index (χ3v) is 3.22. The Morgan fingerprint density at radius 1 is 1.38 bits per heavy atom. The third kappa shape index (κ3) is 2.97. The fourth-order valence-electron chi connectivity index (χ4n) is 1.91. The Labute approximate surface area is 102 Å². The summed E-state index contributed by atoms with van der Waals surface area (Å²) >= 11 is 5.75. The monoisotopic (exact) mass is 240 g/mol. The summed E-state index contributed by atoms with van der Waals surface area (Å²) < 4.78 is 11.4. The first-order chi connectivity index (χ1) is 7.72. The topological polar surface area (TPSA) is 18.5 Å². The Balaban J connectivity index is 1.86. The second kappa shape index (κ2) is 5.17. The molecule has 1 heterocycles. The van der Waals surface area contributed by atoms with E-state index in [-0.39, 0.29) is 6.10 Å². The molecule has 3 heteroatoms. The zero-order valence-electron chi connectivity index (χ0n) is 9.49. The fourth-order valence-corrected chi connectivity index (χ4v) is 2.07. The lowest BCUT2D eigenvalue weighted by atomic mass is 10.1. The molecule has 1 aliphatic rings. The molecule has 0 unspecified atom stereocenters. The van der Waals surface area contributed by atoms with Crippen LogP contribution in [0.1, 0.15) is 18.9 Å². The first-order valence-corrected chi connectivity index (χ1v) is 6.17. The van der Waals surface area contributed by atoms with Gasteiger partial charge in [0.05, 0.1) is 18.6 Å². The van der Waals surface area contributed by atoms with Gasteiger partial charge in [-0.25, -0.2) is 0 Å².